The molecule has 0 spiro atoms. The summed E-state index contributed by atoms with van der Waals surface area (Å²) >= 11 is 0. The third kappa shape index (κ3) is 5.57. The van der Waals surface area contributed by atoms with E-state index in [4.69, 9.17) is 4.74 Å². The van der Waals surface area contributed by atoms with Gasteiger partial charge in [0, 0.05) is 25.2 Å². The predicted molar refractivity (Wildman–Crippen MR) is 84.3 cm³/mol. The molecular weight excluding hydrogens is 266 g/mol. The van der Waals surface area contributed by atoms with Crippen molar-refractivity contribution in [1.82, 2.24) is 15.1 Å². The summed E-state index contributed by atoms with van der Waals surface area (Å²) in [6.45, 7) is 9.01. The predicted octanol–water partition coefficient (Wildman–Crippen LogP) is 1.09. The first-order valence-electron chi connectivity index (χ1n) is 8.45. The fourth-order valence-corrected chi connectivity index (χ4v) is 3.10. The van der Waals surface area contributed by atoms with Crippen molar-refractivity contribution in [3.8, 4) is 0 Å². The zero-order chi connectivity index (χ0) is 15.2. The molecule has 2 unspecified atom stereocenters. The number of likely N-dealkylation sites (N-methyl/N-ethyl adjacent to an activating group) is 1. The van der Waals surface area contributed by atoms with Gasteiger partial charge >= 0.3 is 5.97 Å². The third-order valence-corrected chi connectivity index (χ3v) is 4.47. The van der Waals surface area contributed by atoms with E-state index in [1.54, 1.807) is 0 Å². The van der Waals surface area contributed by atoms with Crippen molar-refractivity contribution in [2.75, 3.05) is 39.8 Å². The molecule has 0 aromatic heterocycles. The summed E-state index contributed by atoms with van der Waals surface area (Å²) in [6.07, 6.45) is 4.45. The van der Waals surface area contributed by atoms with Gasteiger partial charge in [-0.05, 0) is 59.7 Å². The van der Waals surface area contributed by atoms with Gasteiger partial charge in [-0.3, -0.25) is 9.69 Å². The lowest BCUT2D eigenvalue weighted by Crippen LogP contribution is -2.44. The fraction of sp³-hybridized carbons (Fsp3) is 0.938. The Hall–Kier alpha value is -0.650. The molecule has 0 aromatic carbocycles. The quantitative estimate of drug-likeness (QED) is 0.713. The van der Waals surface area contributed by atoms with E-state index in [2.05, 4.69) is 29.1 Å². The Kier molecular flexibility index (Phi) is 6.45. The minimum atomic E-state index is -0.134. The average Bonchev–Trinajstić information content (AvgIpc) is 3.25. The molecule has 2 fully saturated rings. The molecule has 122 valence electrons. The molecule has 2 atom stereocenters. The minimum Gasteiger partial charge on any atom is -0.465 e. The molecule has 1 heterocycles. The van der Waals surface area contributed by atoms with Crippen molar-refractivity contribution < 1.29 is 9.53 Å². The lowest BCUT2D eigenvalue weighted by molar-refractivity contribution is -0.146. The second kappa shape index (κ2) is 8.11. The molecule has 2 rings (SSSR count). The maximum atomic E-state index is 12.1. The summed E-state index contributed by atoms with van der Waals surface area (Å²) in [5.74, 6) is -0.0796. The molecule has 1 aliphatic heterocycles. The van der Waals surface area contributed by atoms with Crippen LogP contribution in [0.15, 0.2) is 0 Å². The van der Waals surface area contributed by atoms with Gasteiger partial charge in [0.2, 0.25) is 0 Å². The number of hydrogen-bond donors (Lipinski definition) is 1. The van der Waals surface area contributed by atoms with Gasteiger partial charge in [0.15, 0.2) is 0 Å². The van der Waals surface area contributed by atoms with Crippen LogP contribution in [0.1, 0.15) is 39.5 Å². The number of rotatable bonds is 7. The summed E-state index contributed by atoms with van der Waals surface area (Å²) in [6, 6.07) is 0.957. The Morgan fingerprint density at radius 3 is 2.81 bits per heavy atom. The number of nitrogens with zero attached hydrogens (tertiary/aromatic N) is 2. The Morgan fingerprint density at radius 1 is 1.38 bits per heavy atom. The zero-order valence-electron chi connectivity index (χ0n) is 13.8. The van der Waals surface area contributed by atoms with Gasteiger partial charge in [-0.2, -0.15) is 0 Å². The van der Waals surface area contributed by atoms with Crippen LogP contribution in [0.3, 0.4) is 0 Å². The average molecular weight is 297 g/mol. The summed E-state index contributed by atoms with van der Waals surface area (Å²) in [7, 11) is 2.19. The molecule has 2 aliphatic rings. The maximum absolute atomic E-state index is 12.1. The Balaban J connectivity index is 1.82. The molecule has 5 nitrogen and oxygen atoms in total. The second-order valence-corrected chi connectivity index (χ2v) is 6.54. The van der Waals surface area contributed by atoms with Crippen molar-refractivity contribution in [1.29, 1.82) is 0 Å². The lowest BCUT2D eigenvalue weighted by atomic mass is 10.1. The van der Waals surface area contributed by atoms with Crippen LogP contribution in [0.25, 0.3) is 0 Å². The highest BCUT2D eigenvalue weighted by Gasteiger charge is 2.30. The number of nitrogens with one attached hydrogen (secondary N) is 1. The van der Waals surface area contributed by atoms with Gasteiger partial charge in [-0.1, -0.05) is 0 Å². The monoisotopic (exact) mass is 297 g/mol. The van der Waals surface area contributed by atoms with Gasteiger partial charge in [-0.15, -0.1) is 0 Å². The van der Waals surface area contributed by atoms with E-state index in [9.17, 15) is 4.79 Å². The van der Waals surface area contributed by atoms with Crippen molar-refractivity contribution in [2.24, 2.45) is 0 Å². The highest BCUT2D eigenvalue weighted by Crippen LogP contribution is 2.20. The van der Waals surface area contributed by atoms with Crippen molar-refractivity contribution >= 4 is 5.97 Å². The molecule has 1 N–H and O–H groups in total. The van der Waals surface area contributed by atoms with E-state index in [1.165, 1.54) is 25.8 Å². The standard InChI is InChI=1S/C16H31N3O2/c1-4-21-16(20)15(17-14-6-7-14)8-11-19-10-5-9-18(3)12-13(19)2/h13-15,17H,4-12H2,1-3H3. The van der Waals surface area contributed by atoms with Gasteiger partial charge in [0.25, 0.3) is 0 Å². The fourth-order valence-electron chi connectivity index (χ4n) is 3.10. The summed E-state index contributed by atoms with van der Waals surface area (Å²) in [4.78, 5) is 17.0. The van der Waals surface area contributed by atoms with Gasteiger partial charge < -0.3 is 15.0 Å². The van der Waals surface area contributed by atoms with Crippen molar-refractivity contribution in [2.45, 2.75) is 57.7 Å². The van der Waals surface area contributed by atoms with Crippen molar-refractivity contribution in [3.05, 3.63) is 0 Å². The number of carbonyl (C=O) groups excluding carboxylic acids is 1. The van der Waals surface area contributed by atoms with Crippen LogP contribution in [0.4, 0.5) is 0 Å². The third-order valence-electron chi connectivity index (χ3n) is 4.47. The first kappa shape index (κ1) is 16.7. The van der Waals surface area contributed by atoms with E-state index < -0.39 is 0 Å². The molecule has 1 aliphatic carbocycles. The number of hydrogen-bond acceptors (Lipinski definition) is 5. The highest BCUT2D eigenvalue weighted by atomic mass is 16.5. The highest BCUT2D eigenvalue weighted by molar-refractivity contribution is 5.75. The second-order valence-electron chi connectivity index (χ2n) is 6.54. The Morgan fingerprint density at radius 2 is 2.14 bits per heavy atom. The van der Waals surface area contributed by atoms with E-state index in [0.29, 0.717) is 18.7 Å². The molecule has 0 aromatic rings. The first-order chi connectivity index (χ1) is 10.1. The lowest BCUT2D eigenvalue weighted by Gasteiger charge is -2.29. The van der Waals surface area contributed by atoms with Gasteiger partial charge in [0.1, 0.15) is 6.04 Å². The van der Waals surface area contributed by atoms with E-state index in [-0.39, 0.29) is 12.0 Å². The Bertz CT molecular complexity index is 333. The van der Waals surface area contributed by atoms with Gasteiger partial charge in [-0.25, -0.2) is 0 Å². The van der Waals surface area contributed by atoms with Crippen LogP contribution in [0, 0.1) is 0 Å². The minimum absolute atomic E-state index is 0.0796. The smallest absolute Gasteiger partial charge is 0.323 e. The number of esters is 1. The SMILES string of the molecule is CCOC(=O)C(CCN1CCCN(C)CC1C)NC1CC1. The van der Waals surface area contributed by atoms with Crippen LogP contribution in [0.5, 0.6) is 0 Å². The van der Waals surface area contributed by atoms with Crippen LogP contribution >= 0.6 is 0 Å². The van der Waals surface area contributed by atoms with Crippen molar-refractivity contribution in [3.63, 3.8) is 0 Å². The summed E-state index contributed by atoms with van der Waals surface area (Å²) in [5, 5.41) is 3.44. The van der Waals surface area contributed by atoms with Crippen LogP contribution in [0.2, 0.25) is 0 Å². The zero-order valence-corrected chi connectivity index (χ0v) is 13.8. The summed E-state index contributed by atoms with van der Waals surface area (Å²) < 4.78 is 5.21. The van der Waals surface area contributed by atoms with Gasteiger partial charge in [0.05, 0.1) is 6.61 Å². The molecule has 0 bridgehead atoms. The molecule has 0 amide bonds. The normalized spacial score (nSPS) is 26.3. The molecule has 1 saturated heterocycles. The first-order valence-corrected chi connectivity index (χ1v) is 8.45. The largest absolute Gasteiger partial charge is 0.465 e. The van der Waals surface area contributed by atoms with E-state index >= 15 is 0 Å². The van der Waals surface area contributed by atoms with E-state index in [1.807, 2.05) is 6.92 Å². The van der Waals surface area contributed by atoms with Crippen LogP contribution < -0.4 is 5.32 Å². The molecule has 21 heavy (non-hydrogen) atoms. The molecule has 1 saturated carbocycles. The van der Waals surface area contributed by atoms with E-state index in [0.717, 1.165) is 26.1 Å². The maximum Gasteiger partial charge on any atom is 0.323 e. The summed E-state index contributed by atoms with van der Waals surface area (Å²) in [5.41, 5.74) is 0. The topological polar surface area (TPSA) is 44.8 Å². The molecule has 0 radical (unpaired) electrons. The van der Waals surface area contributed by atoms with Crippen LogP contribution in [-0.2, 0) is 9.53 Å². The Labute approximate surface area is 129 Å². The molecular formula is C16H31N3O2. The number of ether oxygens (including phenoxy) is 1. The number of carbonyl (C=O) groups is 1. The van der Waals surface area contributed by atoms with Crippen LogP contribution in [-0.4, -0.2) is 73.7 Å². The molecule has 5 heteroatoms.